The highest BCUT2D eigenvalue weighted by atomic mass is 35.5. The maximum absolute atomic E-state index is 12.1. The van der Waals surface area contributed by atoms with E-state index in [1.807, 2.05) is 0 Å². The van der Waals surface area contributed by atoms with Crippen molar-refractivity contribution in [2.75, 3.05) is 18.2 Å². The van der Waals surface area contributed by atoms with Crippen molar-refractivity contribution in [2.45, 2.75) is 11.8 Å². The van der Waals surface area contributed by atoms with Crippen LogP contribution in [0.2, 0.25) is 10.0 Å². The summed E-state index contributed by atoms with van der Waals surface area (Å²) in [6, 6.07) is 8.69. The molecule has 1 amide bonds. The molecule has 6 nitrogen and oxygen atoms in total. The summed E-state index contributed by atoms with van der Waals surface area (Å²) in [5.74, 6) is -1.47. The van der Waals surface area contributed by atoms with Crippen molar-refractivity contribution in [3.05, 3.63) is 57.6 Å². The topological polar surface area (TPSA) is 89.5 Å². The van der Waals surface area contributed by atoms with Crippen LogP contribution in [-0.2, 0) is 19.4 Å². The Hall–Kier alpha value is -2.09. The number of amides is 1. The molecule has 0 unspecified atom stereocenters. The van der Waals surface area contributed by atoms with Gasteiger partial charge in [-0.3, -0.25) is 4.79 Å². The molecule has 0 aliphatic heterocycles. The van der Waals surface area contributed by atoms with E-state index in [1.165, 1.54) is 12.1 Å². The minimum absolute atomic E-state index is 0.0218. The molecular formula is C17H15Cl2NO5S. The summed E-state index contributed by atoms with van der Waals surface area (Å²) in [4.78, 5) is 24.0. The molecule has 0 bridgehead atoms. The fraction of sp³-hybridized carbons (Fsp3) is 0.176. The Kier molecular flexibility index (Phi) is 6.28. The molecule has 1 N–H and O–H groups in total. The van der Waals surface area contributed by atoms with Gasteiger partial charge in [0.1, 0.15) is 0 Å². The van der Waals surface area contributed by atoms with Gasteiger partial charge in [0.2, 0.25) is 0 Å². The molecule has 9 heteroatoms. The minimum atomic E-state index is -3.51. The number of hydrogen-bond donors (Lipinski definition) is 1. The van der Waals surface area contributed by atoms with Crippen molar-refractivity contribution >= 4 is 50.6 Å². The average molecular weight is 416 g/mol. The number of benzene rings is 2. The number of hydrogen-bond acceptors (Lipinski definition) is 5. The SMILES string of the molecule is Cc1c(Cl)cccc1NC(=O)COC(=O)c1cc(S(C)(=O)=O)ccc1Cl. The summed E-state index contributed by atoms with van der Waals surface area (Å²) >= 11 is 11.9. The highest BCUT2D eigenvalue weighted by Crippen LogP contribution is 2.23. The molecule has 0 spiro atoms. The number of rotatable bonds is 5. The zero-order valence-corrected chi connectivity index (χ0v) is 16.2. The van der Waals surface area contributed by atoms with Gasteiger partial charge >= 0.3 is 5.97 Å². The second-order valence-corrected chi connectivity index (χ2v) is 8.28. The van der Waals surface area contributed by atoms with E-state index in [0.717, 1.165) is 12.3 Å². The van der Waals surface area contributed by atoms with E-state index in [4.69, 9.17) is 27.9 Å². The Bertz CT molecular complexity index is 973. The van der Waals surface area contributed by atoms with Gasteiger partial charge in [-0.1, -0.05) is 29.3 Å². The lowest BCUT2D eigenvalue weighted by molar-refractivity contribution is -0.119. The van der Waals surface area contributed by atoms with Crippen LogP contribution in [0.1, 0.15) is 15.9 Å². The second kappa shape index (κ2) is 8.07. The first-order valence-corrected chi connectivity index (χ1v) is 9.96. The van der Waals surface area contributed by atoms with Crippen molar-refractivity contribution in [2.24, 2.45) is 0 Å². The van der Waals surface area contributed by atoms with Gasteiger partial charge in [-0.05, 0) is 42.8 Å². The Morgan fingerprint density at radius 2 is 1.81 bits per heavy atom. The van der Waals surface area contributed by atoms with E-state index in [2.05, 4.69) is 5.32 Å². The van der Waals surface area contributed by atoms with E-state index in [-0.39, 0.29) is 15.5 Å². The van der Waals surface area contributed by atoms with Gasteiger partial charge in [0.15, 0.2) is 16.4 Å². The predicted octanol–water partition coefficient (Wildman–Crippen LogP) is 3.50. The van der Waals surface area contributed by atoms with Gasteiger partial charge < -0.3 is 10.1 Å². The van der Waals surface area contributed by atoms with Crippen molar-refractivity contribution < 1.29 is 22.7 Å². The summed E-state index contributed by atoms with van der Waals surface area (Å²) < 4.78 is 28.1. The number of sulfone groups is 1. The zero-order valence-electron chi connectivity index (χ0n) is 13.9. The normalized spacial score (nSPS) is 11.1. The number of nitrogens with one attached hydrogen (secondary N) is 1. The molecule has 0 saturated carbocycles. The molecule has 0 heterocycles. The van der Waals surface area contributed by atoms with Crippen molar-refractivity contribution in [3.63, 3.8) is 0 Å². The number of esters is 1. The molecule has 0 aliphatic rings. The summed E-state index contributed by atoms with van der Waals surface area (Å²) in [6.45, 7) is 1.17. The average Bonchev–Trinajstić information content (AvgIpc) is 2.56. The number of carbonyl (C=O) groups excluding carboxylic acids is 2. The Labute approximate surface area is 161 Å². The van der Waals surface area contributed by atoms with Gasteiger partial charge in [0.05, 0.1) is 15.5 Å². The largest absolute Gasteiger partial charge is 0.452 e. The summed E-state index contributed by atoms with van der Waals surface area (Å²) in [5.41, 5.74) is 1.04. The van der Waals surface area contributed by atoms with Crippen LogP contribution in [0.4, 0.5) is 5.69 Å². The molecule has 0 aromatic heterocycles. The Morgan fingerprint density at radius 1 is 1.12 bits per heavy atom. The zero-order chi connectivity index (χ0) is 19.5. The van der Waals surface area contributed by atoms with Crippen LogP contribution in [0.5, 0.6) is 0 Å². The van der Waals surface area contributed by atoms with Crippen LogP contribution in [0, 0.1) is 6.92 Å². The Morgan fingerprint density at radius 3 is 2.46 bits per heavy atom. The van der Waals surface area contributed by atoms with Gasteiger partial charge in [-0.15, -0.1) is 0 Å². The van der Waals surface area contributed by atoms with Crippen LogP contribution in [0.25, 0.3) is 0 Å². The third-order valence-corrected chi connectivity index (χ3v) is 5.31. The third-order valence-electron chi connectivity index (χ3n) is 3.46. The maximum Gasteiger partial charge on any atom is 0.340 e. The van der Waals surface area contributed by atoms with Crippen molar-refractivity contribution in [1.29, 1.82) is 0 Å². The van der Waals surface area contributed by atoms with Crippen LogP contribution in [0.3, 0.4) is 0 Å². The quantitative estimate of drug-likeness (QED) is 0.754. The fourth-order valence-corrected chi connectivity index (χ4v) is 3.05. The molecule has 2 aromatic carbocycles. The number of ether oxygens (including phenoxy) is 1. The standard InChI is InChI=1S/C17H15Cl2NO5S/c1-10-13(18)4-3-5-15(10)20-16(21)9-25-17(22)12-8-11(26(2,23)24)6-7-14(12)19/h3-8H,9H2,1-2H3,(H,20,21). The lowest BCUT2D eigenvalue weighted by Gasteiger charge is -2.10. The molecular weight excluding hydrogens is 401 g/mol. The monoisotopic (exact) mass is 415 g/mol. The van der Waals surface area contributed by atoms with E-state index in [1.54, 1.807) is 25.1 Å². The predicted molar refractivity (Wildman–Crippen MR) is 99.7 cm³/mol. The number of halogens is 2. The molecule has 2 rings (SSSR count). The Balaban J connectivity index is 2.07. The molecule has 138 valence electrons. The van der Waals surface area contributed by atoms with Gasteiger partial charge in [0.25, 0.3) is 5.91 Å². The third kappa shape index (κ3) is 4.97. The molecule has 26 heavy (non-hydrogen) atoms. The highest BCUT2D eigenvalue weighted by Gasteiger charge is 2.18. The molecule has 0 aliphatic carbocycles. The summed E-state index contributed by atoms with van der Waals surface area (Å²) in [6.07, 6.45) is 1.01. The van der Waals surface area contributed by atoms with Gasteiger partial charge in [-0.2, -0.15) is 0 Å². The molecule has 0 atom stereocenters. The smallest absolute Gasteiger partial charge is 0.340 e. The van der Waals surface area contributed by atoms with E-state index in [0.29, 0.717) is 16.3 Å². The van der Waals surface area contributed by atoms with Crippen molar-refractivity contribution in [3.8, 4) is 0 Å². The van der Waals surface area contributed by atoms with E-state index < -0.39 is 28.3 Å². The first kappa shape index (κ1) is 20.2. The first-order valence-electron chi connectivity index (χ1n) is 7.31. The maximum atomic E-state index is 12.1. The van der Waals surface area contributed by atoms with Crippen LogP contribution in [0.15, 0.2) is 41.3 Å². The molecule has 0 radical (unpaired) electrons. The highest BCUT2D eigenvalue weighted by molar-refractivity contribution is 7.90. The molecule has 0 saturated heterocycles. The van der Waals surface area contributed by atoms with Crippen LogP contribution >= 0.6 is 23.2 Å². The van der Waals surface area contributed by atoms with Gasteiger partial charge in [-0.25, -0.2) is 13.2 Å². The lowest BCUT2D eigenvalue weighted by Crippen LogP contribution is -2.21. The number of carbonyl (C=O) groups is 2. The van der Waals surface area contributed by atoms with Crippen LogP contribution in [-0.4, -0.2) is 33.2 Å². The summed E-state index contributed by atoms with van der Waals surface area (Å²) in [7, 11) is -3.51. The van der Waals surface area contributed by atoms with E-state index in [9.17, 15) is 18.0 Å². The van der Waals surface area contributed by atoms with E-state index >= 15 is 0 Å². The molecule has 0 fully saturated rings. The lowest BCUT2D eigenvalue weighted by atomic mass is 10.2. The first-order chi connectivity index (χ1) is 12.1. The molecule has 2 aromatic rings. The van der Waals surface area contributed by atoms with Gasteiger partial charge in [0, 0.05) is 17.0 Å². The number of anilines is 1. The van der Waals surface area contributed by atoms with Crippen LogP contribution < -0.4 is 5.32 Å². The fourth-order valence-electron chi connectivity index (χ4n) is 2.03. The minimum Gasteiger partial charge on any atom is -0.452 e. The second-order valence-electron chi connectivity index (χ2n) is 5.45. The summed E-state index contributed by atoms with van der Waals surface area (Å²) in [5, 5.41) is 3.09. The van der Waals surface area contributed by atoms with Crippen molar-refractivity contribution in [1.82, 2.24) is 0 Å².